The third-order valence-corrected chi connectivity index (χ3v) is 4.81. The van der Waals surface area contributed by atoms with Gasteiger partial charge in [-0.2, -0.15) is 0 Å². The molecule has 4 rings (SSSR count). The summed E-state index contributed by atoms with van der Waals surface area (Å²) in [4.78, 5) is 19.3. The fourth-order valence-corrected chi connectivity index (χ4v) is 3.12. The molecule has 0 aromatic carbocycles. The van der Waals surface area contributed by atoms with Gasteiger partial charge < -0.3 is 15.4 Å². The van der Waals surface area contributed by atoms with Crippen molar-refractivity contribution in [3.63, 3.8) is 0 Å². The van der Waals surface area contributed by atoms with Crippen LogP contribution in [0.1, 0.15) is 43.3 Å². The topological polar surface area (TPSA) is 89.5 Å². The maximum absolute atomic E-state index is 12.8. The molecule has 9 heteroatoms. The Morgan fingerprint density at radius 3 is 2.74 bits per heavy atom. The van der Waals surface area contributed by atoms with Crippen molar-refractivity contribution in [2.75, 3.05) is 18.0 Å². The summed E-state index contributed by atoms with van der Waals surface area (Å²) in [5.74, 6) is 1.10. The second kappa shape index (κ2) is 6.80. The average molecular weight is 374 g/mol. The highest BCUT2D eigenvalue weighted by atomic mass is 19.3. The van der Waals surface area contributed by atoms with Crippen LogP contribution in [-0.2, 0) is 6.54 Å². The van der Waals surface area contributed by atoms with Gasteiger partial charge in [0.1, 0.15) is 17.2 Å². The summed E-state index contributed by atoms with van der Waals surface area (Å²) in [6, 6.07) is 4.22. The number of rotatable bonds is 3. The number of alkyl halides is 2. The van der Waals surface area contributed by atoms with Gasteiger partial charge in [0, 0.05) is 24.7 Å². The normalized spacial score (nSPS) is 18.4. The quantitative estimate of drug-likeness (QED) is 0.888. The number of aromatic nitrogens is 3. The smallest absolute Gasteiger partial charge is 0.280 e. The molecule has 1 saturated heterocycles. The summed E-state index contributed by atoms with van der Waals surface area (Å²) in [5.41, 5.74) is 6.92. The molecule has 2 aliphatic rings. The van der Waals surface area contributed by atoms with Crippen molar-refractivity contribution in [2.45, 2.75) is 38.3 Å². The molecule has 142 valence electrons. The van der Waals surface area contributed by atoms with Crippen LogP contribution in [0.5, 0.6) is 5.88 Å². The Bertz CT molecular complexity index is 876. The van der Waals surface area contributed by atoms with Crippen LogP contribution >= 0.6 is 0 Å². The average Bonchev–Trinajstić information content (AvgIpc) is 3.04. The van der Waals surface area contributed by atoms with E-state index in [4.69, 9.17) is 10.5 Å². The van der Waals surface area contributed by atoms with Gasteiger partial charge in [0.15, 0.2) is 0 Å². The van der Waals surface area contributed by atoms with E-state index in [1.807, 2.05) is 0 Å². The highest BCUT2D eigenvalue weighted by Crippen LogP contribution is 2.26. The van der Waals surface area contributed by atoms with Crippen LogP contribution in [0, 0.1) is 0 Å². The van der Waals surface area contributed by atoms with E-state index in [1.165, 1.54) is 18.2 Å². The molecule has 0 radical (unpaired) electrons. The molecule has 7 nitrogen and oxygen atoms in total. The molecule has 0 aliphatic carbocycles. The summed E-state index contributed by atoms with van der Waals surface area (Å²) in [5, 5.41) is 0. The Hall–Kier alpha value is -2.68. The minimum Gasteiger partial charge on any atom is -0.419 e. The molecule has 2 aromatic rings. The molecule has 0 atom stereocenters. The Balaban J connectivity index is 1.49. The molecule has 2 aliphatic heterocycles. The number of nitrogens with two attached hydrogens (primary N) is 1. The van der Waals surface area contributed by atoms with E-state index in [1.54, 1.807) is 6.20 Å². The second-order valence-corrected chi connectivity index (χ2v) is 7.09. The summed E-state index contributed by atoms with van der Waals surface area (Å²) >= 11 is 0. The van der Waals surface area contributed by atoms with E-state index in [2.05, 4.69) is 31.8 Å². The van der Waals surface area contributed by atoms with Gasteiger partial charge in [0.25, 0.3) is 6.43 Å². The first-order chi connectivity index (χ1) is 12.9. The lowest BCUT2D eigenvalue weighted by molar-refractivity contribution is 0.145. The molecule has 0 unspecified atom stereocenters. The molecule has 2 N–H and O–H groups in total. The molecule has 0 amide bonds. The van der Waals surface area contributed by atoms with Gasteiger partial charge in [-0.05, 0) is 25.8 Å². The molecular weight excluding hydrogens is 354 g/mol. The van der Waals surface area contributed by atoms with Crippen molar-refractivity contribution < 1.29 is 13.5 Å². The molecular formula is C18H20F2N6O. The third-order valence-electron chi connectivity index (χ3n) is 4.81. The first-order valence-electron chi connectivity index (χ1n) is 8.79. The van der Waals surface area contributed by atoms with Crippen molar-refractivity contribution in [1.82, 2.24) is 15.0 Å². The van der Waals surface area contributed by atoms with Crippen molar-refractivity contribution in [3.8, 4) is 5.88 Å². The van der Waals surface area contributed by atoms with Gasteiger partial charge in [0.2, 0.25) is 11.8 Å². The fraction of sp³-hybridized carbons (Fsp3) is 0.444. The van der Waals surface area contributed by atoms with Crippen LogP contribution < -0.4 is 15.4 Å². The standard InChI is InChI=1S/C18H20F2N6O/c1-18(21)5-7-26(8-6-18)13-10-22-15-12(24-13)9-23-17(15)27-14-4-2-3-11(25-14)16(19)20/h2-4,10,16H,5-9,21H2,1H3. The van der Waals surface area contributed by atoms with Gasteiger partial charge in [-0.15, -0.1) is 0 Å². The van der Waals surface area contributed by atoms with Crippen molar-refractivity contribution in [2.24, 2.45) is 10.7 Å². The highest BCUT2D eigenvalue weighted by molar-refractivity contribution is 5.96. The molecule has 27 heavy (non-hydrogen) atoms. The zero-order valence-corrected chi connectivity index (χ0v) is 14.9. The van der Waals surface area contributed by atoms with Gasteiger partial charge in [-0.3, -0.25) is 0 Å². The number of fused-ring (bicyclic) bond motifs is 1. The SMILES string of the molecule is CC1(N)CCN(c2cnc3c(n2)CN=C3Oc2cccc(C(F)F)n2)CC1. The van der Waals surface area contributed by atoms with Crippen LogP contribution in [0.3, 0.4) is 0 Å². The fourth-order valence-electron chi connectivity index (χ4n) is 3.12. The van der Waals surface area contributed by atoms with Crippen molar-refractivity contribution >= 4 is 11.7 Å². The summed E-state index contributed by atoms with van der Waals surface area (Å²) in [6.07, 6.45) is 0.810. The predicted molar refractivity (Wildman–Crippen MR) is 96.1 cm³/mol. The van der Waals surface area contributed by atoms with E-state index >= 15 is 0 Å². The van der Waals surface area contributed by atoms with Gasteiger partial charge in [-0.1, -0.05) is 6.07 Å². The molecule has 0 spiro atoms. The number of ether oxygens (including phenoxy) is 1. The largest absolute Gasteiger partial charge is 0.419 e. The number of anilines is 1. The lowest BCUT2D eigenvalue weighted by Crippen LogP contribution is -2.48. The summed E-state index contributed by atoms with van der Waals surface area (Å²) in [6.45, 7) is 4.06. The van der Waals surface area contributed by atoms with Crippen LogP contribution in [-0.4, -0.2) is 39.5 Å². The minimum absolute atomic E-state index is 0.0588. The number of hydrogen-bond acceptors (Lipinski definition) is 7. The van der Waals surface area contributed by atoms with Crippen LogP contribution in [0.4, 0.5) is 14.6 Å². The number of piperidine rings is 1. The van der Waals surface area contributed by atoms with E-state index in [-0.39, 0.29) is 23.0 Å². The van der Waals surface area contributed by atoms with Gasteiger partial charge in [-0.25, -0.2) is 28.7 Å². The predicted octanol–water partition coefficient (Wildman–Crippen LogP) is 2.47. The number of pyridine rings is 1. The molecule has 4 heterocycles. The van der Waals surface area contributed by atoms with Crippen LogP contribution in [0.25, 0.3) is 0 Å². The minimum atomic E-state index is -2.66. The highest BCUT2D eigenvalue weighted by Gasteiger charge is 2.28. The van der Waals surface area contributed by atoms with E-state index in [9.17, 15) is 8.78 Å². The Morgan fingerprint density at radius 2 is 2.00 bits per heavy atom. The second-order valence-electron chi connectivity index (χ2n) is 7.09. The lowest BCUT2D eigenvalue weighted by Gasteiger charge is -2.37. The number of aliphatic imine (C=N–C) groups is 1. The van der Waals surface area contributed by atoms with E-state index in [0.717, 1.165) is 31.7 Å². The van der Waals surface area contributed by atoms with Crippen molar-refractivity contribution in [1.29, 1.82) is 0 Å². The Morgan fingerprint density at radius 1 is 1.22 bits per heavy atom. The molecule has 2 aromatic heterocycles. The summed E-state index contributed by atoms with van der Waals surface area (Å²) < 4.78 is 31.1. The monoisotopic (exact) mass is 374 g/mol. The Kier molecular flexibility index (Phi) is 4.47. The van der Waals surface area contributed by atoms with Crippen molar-refractivity contribution in [3.05, 3.63) is 41.5 Å². The first kappa shape index (κ1) is 17.7. The van der Waals surface area contributed by atoms with Crippen LogP contribution in [0.15, 0.2) is 29.4 Å². The lowest BCUT2D eigenvalue weighted by atomic mass is 9.91. The van der Waals surface area contributed by atoms with Gasteiger partial charge >= 0.3 is 0 Å². The van der Waals surface area contributed by atoms with E-state index < -0.39 is 6.43 Å². The first-order valence-corrected chi connectivity index (χ1v) is 8.79. The van der Waals surface area contributed by atoms with Crippen LogP contribution in [0.2, 0.25) is 0 Å². The number of nitrogens with zero attached hydrogens (tertiary/aromatic N) is 5. The number of hydrogen-bond donors (Lipinski definition) is 1. The number of halogens is 2. The Labute approximate surface area is 155 Å². The summed E-state index contributed by atoms with van der Waals surface area (Å²) in [7, 11) is 0. The molecule has 1 fully saturated rings. The maximum Gasteiger partial charge on any atom is 0.280 e. The van der Waals surface area contributed by atoms with E-state index in [0.29, 0.717) is 17.9 Å². The molecule has 0 saturated carbocycles. The van der Waals surface area contributed by atoms with Gasteiger partial charge in [0.05, 0.1) is 18.4 Å². The maximum atomic E-state index is 12.8. The molecule has 0 bridgehead atoms. The zero-order chi connectivity index (χ0) is 19.0. The zero-order valence-electron chi connectivity index (χ0n) is 14.9. The third kappa shape index (κ3) is 3.73.